The first kappa shape index (κ1) is 67.3. The second-order valence-corrected chi connectivity index (χ2v) is 23.7. The highest BCUT2D eigenvalue weighted by Gasteiger charge is 2.39. The lowest BCUT2D eigenvalue weighted by Crippen LogP contribution is -2.63. The number of esters is 3. The summed E-state index contributed by atoms with van der Waals surface area (Å²) in [5.41, 5.74) is 1.28. The maximum absolute atomic E-state index is 14.7. The van der Waals surface area contributed by atoms with Crippen LogP contribution in [-0.4, -0.2) is 143 Å². The molecule has 0 spiro atoms. The Morgan fingerprint density at radius 1 is 0.480 bits per heavy atom. The molecule has 0 heterocycles. The topological polar surface area (TPSA) is 307 Å². The Hall–Kier alpha value is -5.71. The number of benzene rings is 1. The second-order valence-electron chi connectivity index (χ2n) is 23.7. The molecule has 0 aliphatic rings. The van der Waals surface area contributed by atoms with Crippen molar-refractivity contribution >= 4 is 53.4 Å². The molecule has 0 saturated carbocycles. The molecule has 6 amide bonds. The van der Waals surface area contributed by atoms with Crippen LogP contribution in [0, 0.1) is 5.92 Å². The van der Waals surface area contributed by atoms with Gasteiger partial charge in [0.25, 0.3) is 0 Å². The number of amides is 6. The average molecular weight is 1060 g/mol. The van der Waals surface area contributed by atoms with Crippen LogP contribution >= 0.6 is 0 Å². The van der Waals surface area contributed by atoms with Crippen molar-refractivity contribution in [3.05, 3.63) is 30.3 Å². The first-order chi connectivity index (χ1) is 34.1. The van der Waals surface area contributed by atoms with Crippen molar-refractivity contribution in [2.75, 3.05) is 13.2 Å². The summed E-state index contributed by atoms with van der Waals surface area (Å²) >= 11 is 0. The minimum absolute atomic E-state index is 0.167. The summed E-state index contributed by atoms with van der Waals surface area (Å²) in [6.07, 6.45) is -2.41. The smallest absolute Gasteiger partial charge is 0.334 e. The highest BCUT2D eigenvalue weighted by Crippen LogP contribution is 2.18. The van der Waals surface area contributed by atoms with E-state index in [9.17, 15) is 43.2 Å². The molecule has 0 unspecified atom stereocenters. The highest BCUT2D eigenvalue weighted by molar-refractivity contribution is 5.98. The van der Waals surface area contributed by atoms with Crippen LogP contribution in [0.3, 0.4) is 0 Å². The van der Waals surface area contributed by atoms with Crippen molar-refractivity contribution in [2.24, 2.45) is 11.7 Å². The second kappa shape index (κ2) is 29.0. The van der Waals surface area contributed by atoms with E-state index >= 15 is 0 Å². The normalized spacial score (nSPS) is 15.5. The molecular weight excluding hydrogens is 975 g/mol. The van der Waals surface area contributed by atoms with Crippen LogP contribution in [0.1, 0.15) is 151 Å². The van der Waals surface area contributed by atoms with Gasteiger partial charge in [-0.1, -0.05) is 32.0 Å². The van der Waals surface area contributed by atoms with Crippen molar-refractivity contribution in [3.63, 3.8) is 0 Å². The maximum atomic E-state index is 14.7. The van der Waals surface area contributed by atoms with E-state index in [0.717, 1.165) is 0 Å². The number of nitrogens with two attached hydrogens (primary N) is 1. The number of carbonyl (C=O) groups excluding carboxylic acids is 9. The standard InChI is InChI=1S/C53H89N7O15/c1-30(2)40(59-42(63)31(3)54)46(67)56-35(27-39(62)75-53(17,18)19)43(64)60-41(32(4)73-51(11,12)13)47(68)58-37(29-71-50(8,9)10)45(66)57-36(28-70-49(5,6)7)44(65)55-34(25-26-38(61)74-52(14,15)16)48(69)72-33-23-21-20-22-24-33/h20-24,30-32,34-37,40-41H,25-29,54H2,1-19H3,(H,55,65)(H,56,67)(H,57,66)(H,58,68)(H,59,63)(H,60,64)/t31-,32+,34-,35-,36-,37-,40-,41-/m0/s1. The minimum Gasteiger partial charge on any atom is -0.460 e. The predicted octanol–water partition coefficient (Wildman–Crippen LogP) is 3.19. The highest BCUT2D eigenvalue weighted by atomic mass is 16.6. The van der Waals surface area contributed by atoms with E-state index in [-0.39, 0.29) is 18.6 Å². The lowest BCUT2D eigenvalue weighted by molar-refractivity contribution is -0.157. The van der Waals surface area contributed by atoms with E-state index in [0.29, 0.717) is 0 Å². The van der Waals surface area contributed by atoms with Gasteiger partial charge in [-0.15, -0.1) is 0 Å². The van der Waals surface area contributed by atoms with E-state index in [1.54, 1.807) is 136 Å². The van der Waals surface area contributed by atoms with Crippen LogP contribution in [0.15, 0.2) is 30.3 Å². The zero-order valence-corrected chi connectivity index (χ0v) is 47.8. The molecule has 0 fully saturated rings. The molecule has 0 aromatic heterocycles. The summed E-state index contributed by atoms with van der Waals surface area (Å²) in [4.78, 5) is 124. The first-order valence-electron chi connectivity index (χ1n) is 25.3. The number of rotatable bonds is 26. The van der Waals surface area contributed by atoms with Gasteiger partial charge in [-0.3, -0.25) is 38.4 Å². The summed E-state index contributed by atoms with van der Waals surface area (Å²) < 4.78 is 34.6. The lowest BCUT2D eigenvalue weighted by Gasteiger charge is -2.33. The Bertz CT molecular complexity index is 2080. The van der Waals surface area contributed by atoms with E-state index in [4.69, 9.17) is 34.2 Å². The van der Waals surface area contributed by atoms with E-state index in [1.165, 1.54) is 26.0 Å². The van der Waals surface area contributed by atoms with Gasteiger partial charge in [0.05, 0.1) is 48.6 Å². The number of para-hydroxylation sites is 1. The summed E-state index contributed by atoms with van der Waals surface area (Å²) in [5, 5.41) is 15.5. The minimum atomic E-state index is -1.68. The summed E-state index contributed by atoms with van der Waals surface area (Å²) in [6, 6.07) is -2.00. The Balaban J connectivity index is 3.82. The van der Waals surface area contributed by atoms with E-state index in [1.807, 2.05) is 0 Å². The van der Waals surface area contributed by atoms with Gasteiger partial charge in [-0.25, -0.2) is 4.79 Å². The van der Waals surface area contributed by atoms with E-state index < -0.39 is 155 Å². The molecule has 8 atom stereocenters. The maximum Gasteiger partial charge on any atom is 0.334 e. The first-order valence-corrected chi connectivity index (χ1v) is 25.3. The van der Waals surface area contributed by atoms with Crippen LogP contribution < -0.4 is 42.4 Å². The molecule has 22 heteroatoms. The summed E-state index contributed by atoms with van der Waals surface area (Å²) in [5.74, 6) is -8.15. The number of ether oxygens (including phenoxy) is 6. The van der Waals surface area contributed by atoms with Crippen LogP contribution in [0.5, 0.6) is 5.75 Å². The summed E-state index contributed by atoms with van der Waals surface area (Å²) in [7, 11) is 0. The molecule has 1 rings (SSSR count). The van der Waals surface area contributed by atoms with Crippen molar-refractivity contribution in [1.82, 2.24) is 31.9 Å². The van der Waals surface area contributed by atoms with Gasteiger partial charge in [0.1, 0.15) is 53.2 Å². The molecule has 1 aromatic carbocycles. The number of nitrogens with one attached hydrogen (secondary N) is 6. The third kappa shape index (κ3) is 28.7. The fraction of sp³-hybridized carbons (Fsp3) is 0.717. The molecule has 0 radical (unpaired) electrons. The summed E-state index contributed by atoms with van der Waals surface area (Å²) in [6.45, 7) is 30.5. The van der Waals surface area contributed by atoms with Crippen LogP contribution in [0.2, 0.25) is 0 Å². The molecule has 0 aliphatic carbocycles. The SMILES string of the molecule is CC(C)[C@H](NC(=O)[C@H](C)N)C(=O)N[C@@H](CC(=O)OC(C)(C)C)C(=O)N[C@H](C(=O)N[C@@H](COC(C)(C)C)C(=O)N[C@@H](COC(C)(C)C)C(=O)N[C@@H](CCC(=O)OC(C)(C)C)C(=O)Oc1ccccc1)[C@@H](C)OC(C)(C)C. The Morgan fingerprint density at radius 3 is 1.33 bits per heavy atom. The Morgan fingerprint density at radius 2 is 0.893 bits per heavy atom. The molecule has 426 valence electrons. The predicted molar refractivity (Wildman–Crippen MR) is 279 cm³/mol. The van der Waals surface area contributed by atoms with Crippen molar-refractivity contribution in [1.29, 1.82) is 0 Å². The average Bonchev–Trinajstić information content (AvgIpc) is 3.22. The monoisotopic (exact) mass is 1060 g/mol. The fourth-order valence-electron chi connectivity index (χ4n) is 6.53. The third-order valence-electron chi connectivity index (χ3n) is 9.93. The number of hydrogen-bond acceptors (Lipinski definition) is 16. The quantitative estimate of drug-likeness (QED) is 0.0518. The zero-order chi connectivity index (χ0) is 58.0. The van der Waals surface area contributed by atoms with Crippen molar-refractivity contribution in [3.8, 4) is 5.75 Å². The van der Waals surface area contributed by atoms with Gasteiger partial charge < -0.3 is 66.1 Å². The van der Waals surface area contributed by atoms with Gasteiger partial charge >= 0.3 is 17.9 Å². The van der Waals surface area contributed by atoms with Gasteiger partial charge in [0.2, 0.25) is 35.4 Å². The van der Waals surface area contributed by atoms with Crippen LogP contribution in [0.4, 0.5) is 0 Å². The molecule has 0 saturated heterocycles. The lowest BCUT2D eigenvalue weighted by atomic mass is 10.0. The molecule has 0 bridgehead atoms. The number of carbonyl (C=O) groups is 9. The van der Waals surface area contributed by atoms with Gasteiger partial charge in [-0.2, -0.15) is 0 Å². The Kier molecular flexibility index (Phi) is 26.0. The van der Waals surface area contributed by atoms with Gasteiger partial charge in [-0.05, 0) is 142 Å². The van der Waals surface area contributed by atoms with Crippen LogP contribution in [0.25, 0.3) is 0 Å². The molecule has 75 heavy (non-hydrogen) atoms. The van der Waals surface area contributed by atoms with E-state index in [2.05, 4.69) is 31.9 Å². The zero-order valence-electron chi connectivity index (χ0n) is 47.8. The number of hydrogen-bond donors (Lipinski definition) is 7. The Labute approximate surface area is 443 Å². The largest absolute Gasteiger partial charge is 0.460 e. The van der Waals surface area contributed by atoms with Gasteiger partial charge in [0, 0.05) is 6.42 Å². The molecule has 8 N–H and O–H groups in total. The molecule has 1 aromatic rings. The van der Waals surface area contributed by atoms with Crippen LogP contribution in [-0.2, 0) is 66.8 Å². The molecule has 22 nitrogen and oxygen atoms in total. The van der Waals surface area contributed by atoms with Crippen molar-refractivity contribution < 1.29 is 71.6 Å². The fourth-order valence-corrected chi connectivity index (χ4v) is 6.53. The third-order valence-corrected chi connectivity index (χ3v) is 9.93. The molecular formula is C53H89N7O15. The van der Waals surface area contributed by atoms with Crippen molar-refractivity contribution in [2.45, 2.75) is 227 Å². The van der Waals surface area contributed by atoms with Gasteiger partial charge in [0.15, 0.2) is 0 Å². The molecule has 0 aliphatic heterocycles.